The van der Waals surface area contributed by atoms with Crippen LogP contribution in [-0.2, 0) is 35.2 Å². The number of carboxylic acids is 1. The first-order chi connectivity index (χ1) is 19.2. The highest BCUT2D eigenvalue weighted by atomic mass is 16.4. The van der Waals surface area contributed by atoms with E-state index in [1.807, 2.05) is 0 Å². The third kappa shape index (κ3) is 12.0. The molecule has 0 spiro atoms. The Morgan fingerprint density at radius 3 is 1.66 bits per heavy atom. The van der Waals surface area contributed by atoms with Crippen molar-refractivity contribution in [3.05, 3.63) is 35.9 Å². The molecule has 4 amide bonds. The maximum absolute atomic E-state index is 13.1. The van der Waals surface area contributed by atoms with Gasteiger partial charge in [0.2, 0.25) is 23.6 Å². The maximum atomic E-state index is 13.1. The van der Waals surface area contributed by atoms with Crippen LogP contribution >= 0.6 is 0 Å². The van der Waals surface area contributed by atoms with E-state index in [9.17, 15) is 39.0 Å². The van der Waals surface area contributed by atoms with Gasteiger partial charge in [-0.2, -0.15) is 0 Å². The lowest BCUT2D eigenvalue weighted by Crippen LogP contribution is -2.61. The van der Waals surface area contributed by atoms with Crippen LogP contribution in [0.2, 0.25) is 0 Å². The molecular formula is C27H40N4O10. The molecule has 0 aliphatic rings. The molecule has 0 unspecified atom stereocenters. The lowest BCUT2D eigenvalue weighted by molar-refractivity contribution is -0.139. The molecule has 0 aromatic heterocycles. The maximum Gasteiger partial charge on any atom is 0.303 e. The van der Waals surface area contributed by atoms with Crippen molar-refractivity contribution in [1.29, 1.82) is 0 Å². The minimum Gasteiger partial charge on any atom is -0.481 e. The molecule has 8 N–H and O–H groups in total. The van der Waals surface area contributed by atoms with Gasteiger partial charge in [-0.05, 0) is 39.2 Å². The van der Waals surface area contributed by atoms with Crippen LogP contribution in [0.15, 0.2) is 30.3 Å². The zero-order valence-electron chi connectivity index (χ0n) is 23.5. The fourth-order valence-electron chi connectivity index (χ4n) is 3.65. The molecule has 0 radical (unpaired) electrons. The number of amides is 4. The SMILES string of the molecule is CC(=O)[C@H](Cc1ccccc1)NC(=O)[C@@H](NC(=O)[C@H](CCC(=O)O)NC(=O)[C@@H](NC(=O)[C@@H](C)CO)[C@@H](C)O)[C@@H](C)O. The normalized spacial score (nSPS) is 16.1. The summed E-state index contributed by atoms with van der Waals surface area (Å²) >= 11 is 0. The van der Waals surface area contributed by atoms with Crippen molar-refractivity contribution in [2.75, 3.05) is 6.61 Å². The number of hydrogen-bond acceptors (Lipinski definition) is 9. The van der Waals surface area contributed by atoms with E-state index in [0.29, 0.717) is 0 Å². The largest absolute Gasteiger partial charge is 0.481 e. The summed E-state index contributed by atoms with van der Waals surface area (Å²) < 4.78 is 0. The predicted molar refractivity (Wildman–Crippen MR) is 145 cm³/mol. The van der Waals surface area contributed by atoms with Gasteiger partial charge in [-0.1, -0.05) is 37.3 Å². The number of ketones is 1. The summed E-state index contributed by atoms with van der Waals surface area (Å²) in [7, 11) is 0. The molecule has 0 aliphatic carbocycles. The number of carboxylic acid groups (broad SMARTS) is 1. The van der Waals surface area contributed by atoms with Gasteiger partial charge in [-0.3, -0.25) is 28.8 Å². The highest BCUT2D eigenvalue weighted by molar-refractivity contribution is 5.96. The highest BCUT2D eigenvalue weighted by Gasteiger charge is 2.34. The van der Waals surface area contributed by atoms with E-state index in [2.05, 4.69) is 21.3 Å². The summed E-state index contributed by atoms with van der Waals surface area (Å²) in [5.41, 5.74) is 0.759. The molecule has 7 atom stereocenters. The summed E-state index contributed by atoms with van der Waals surface area (Å²) in [6.45, 7) is 4.56. The predicted octanol–water partition coefficient (Wildman–Crippen LogP) is -1.99. The van der Waals surface area contributed by atoms with Crippen molar-refractivity contribution >= 4 is 35.4 Å². The summed E-state index contributed by atoms with van der Waals surface area (Å²) in [6.07, 6.45) is -3.74. The monoisotopic (exact) mass is 580 g/mol. The van der Waals surface area contributed by atoms with E-state index in [4.69, 9.17) is 10.2 Å². The first-order valence-electron chi connectivity index (χ1n) is 13.1. The Labute approximate surface area is 237 Å². The van der Waals surface area contributed by atoms with Crippen LogP contribution in [0.4, 0.5) is 0 Å². The number of aliphatic carboxylic acids is 1. The Hall–Kier alpha value is -3.88. The van der Waals surface area contributed by atoms with Gasteiger partial charge < -0.3 is 41.7 Å². The molecule has 41 heavy (non-hydrogen) atoms. The van der Waals surface area contributed by atoms with E-state index in [0.717, 1.165) is 5.56 Å². The summed E-state index contributed by atoms with van der Waals surface area (Å²) in [6, 6.07) is 3.19. The van der Waals surface area contributed by atoms with Crippen LogP contribution in [0.1, 0.15) is 46.1 Å². The number of nitrogens with one attached hydrogen (secondary N) is 4. The average molecular weight is 581 g/mol. The molecule has 0 heterocycles. The fraction of sp³-hybridized carbons (Fsp3) is 0.556. The van der Waals surface area contributed by atoms with Crippen molar-refractivity contribution < 1.29 is 49.2 Å². The molecule has 0 fully saturated rings. The lowest BCUT2D eigenvalue weighted by atomic mass is 10.0. The highest BCUT2D eigenvalue weighted by Crippen LogP contribution is 2.07. The van der Waals surface area contributed by atoms with Crippen LogP contribution in [0.5, 0.6) is 0 Å². The first kappa shape index (κ1) is 35.1. The van der Waals surface area contributed by atoms with Crippen LogP contribution < -0.4 is 21.3 Å². The third-order valence-corrected chi connectivity index (χ3v) is 6.22. The number of rotatable bonds is 17. The van der Waals surface area contributed by atoms with E-state index in [-0.39, 0.29) is 12.2 Å². The zero-order chi connectivity index (χ0) is 31.3. The number of benzene rings is 1. The van der Waals surface area contributed by atoms with Gasteiger partial charge in [0.1, 0.15) is 18.1 Å². The van der Waals surface area contributed by atoms with Crippen molar-refractivity contribution in [3.63, 3.8) is 0 Å². The van der Waals surface area contributed by atoms with E-state index in [1.54, 1.807) is 30.3 Å². The van der Waals surface area contributed by atoms with Crippen LogP contribution in [0.25, 0.3) is 0 Å². The Bertz CT molecular complexity index is 1060. The van der Waals surface area contributed by atoms with Crippen molar-refractivity contribution in [2.24, 2.45) is 5.92 Å². The van der Waals surface area contributed by atoms with Gasteiger partial charge in [-0.15, -0.1) is 0 Å². The zero-order valence-corrected chi connectivity index (χ0v) is 23.5. The van der Waals surface area contributed by atoms with Gasteiger partial charge in [0, 0.05) is 6.42 Å². The first-order valence-corrected chi connectivity index (χ1v) is 13.1. The van der Waals surface area contributed by atoms with Gasteiger partial charge in [0.05, 0.1) is 30.8 Å². The Balaban J connectivity index is 3.09. The van der Waals surface area contributed by atoms with Crippen LogP contribution in [-0.4, -0.2) is 98.8 Å². The molecule has 0 aliphatic heterocycles. The molecule has 1 rings (SSSR count). The van der Waals surface area contributed by atoms with Crippen LogP contribution in [0.3, 0.4) is 0 Å². The molecule has 14 nitrogen and oxygen atoms in total. The van der Waals surface area contributed by atoms with Crippen molar-refractivity contribution in [1.82, 2.24) is 21.3 Å². The summed E-state index contributed by atoms with van der Waals surface area (Å²) in [4.78, 5) is 74.6. The smallest absolute Gasteiger partial charge is 0.303 e. The Kier molecular flexibility index (Phi) is 14.6. The second kappa shape index (κ2) is 17.0. The molecule has 228 valence electrons. The molecule has 14 heteroatoms. The number of aliphatic hydroxyl groups is 3. The van der Waals surface area contributed by atoms with Gasteiger partial charge in [-0.25, -0.2) is 0 Å². The van der Waals surface area contributed by atoms with Gasteiger partial charge >= 0.3 is 5.97 Å². The molecular weight excluding hydrogens is 540 g/mol. The number of carbonyl (C=O) groups excluding carboxylic acids is 5. The van der Waals surface area contributed by atoms with Gasteiger partial charge in [0.15, 0.2) is 5.78 Å². The second-order valence-electron chi connectivity index (χ2n) is 9.89. The lowest BCUT2D eigenvalue weighted by Gasteiger charge is -2.28. The van der Waals surface area contributed by atoms with Crippen LogP contribution in [0, 0.1) is 5.92 Å². The molecule has 1 aromatic rings. The van der Waals surface area contributed by atoms with E-state index >= 15 is 0 Å². The van der Waals surface area contributed by atoms with E-state index < -0.39 is 91.3 Å². The Morgan fingerprint density at radius 2 is 1.22 bits per heavy atom. The minimum atomic E-state index is -1.58. The van der Waals surface area contributed by atoms with Crippen molar-refractivity contribution in [2.45, 2.75) is 83.3 Å². The van der Waals surface area contributed by atoms with E-state index in [1.165, 1.54) is 27.7 Å². The number of aliphatic hydroxyl groups excluding tert-OH is 3. The molecule has 0 bridgehead atoms. The third-order valence-electron chi connectivity index (χ3n) is 6.22. The summed E-state index contributed by atoms with van der Waals surface area (Å²) in [5, 5.41) is 47.9. The summed E-state index contributed by atoms with van der Waals surface area (Å²) in [5.74, 6) is -6.25. The minimum absolute atomic E-state index is 0.154. The average Bonchev–Trinajstić information content (AvgIpc) is 2.91. The number of carbonyl (C=O) groups is 6. The Morgan fingerprint density at radius 1 is 0.732 bits per heavy atom. The molecule has 1 aromatic carbocycles. The number of Topliss-reactive ketones (excluding diaryl/α,β-unsaturated/α-hetero) is 1. The number of hydrogen-bond donors (Lipinski definition) is 8. The van der Waals surface area contributed by atoms with Crippen molar-refractivity contribution in [3.8, 4) is 0 Å². The standard InChI is InChI=1S/C27H40N4O10/c1-14(13-32)24(38)30-22(16(3)34)26(40)28-19(10-11-21(36)37)25(39)31-23(17(4)35)27(41)29-20(15(2)33)12-18-8-6-5-7-9-18/h5-9,14,16-17,19-20,22-23,32,34-35H,10-13H2,1-4H3,(H,28,40)(H,29,41)(H,30,38)(H,31,39)(H,36,37)/t14-,16+,17+,19-,20-,22-,23-/m0/s1. The molecule has 0 saturated carbocycles. The van der Waals surface area contributed by atoms with Gasteiger partial charge in [0.25, 0.3) is 0 Å². The topological polar surface area (TPSA) is 231 Å². The fourth-order valence-corrected chi connectivity index (χ4v) is 3.65. The molecule has 0 saturated heterocycles. The quantitative estimate of drug-likeness (QED) is 0.101. The second-order valence-corrected chi connectivity index (χ2v) is 9.89.